The monoisotopic (exact) mass is 226 g/mol. The molecule has 0 unspecified atom stereocenters. The van der Waals surface area contributed by atoms with Crippen molar-refractivity contribution < 1.29 is 19.1 Å². The Hall–Kier alpha value is -2.11. The van der Waals surface area contributed by atoms with Crippen molar-refractivity contribution in [3.05, 3.63) is 29.6 Å². The van der Waals surface area contributed by atoms with Crippen LogP contribution in [0.1, 0.15) is 5.56 Å². The van der Waals surface area contributed by atoms with Gasteiger partial charge in [0.15, 0.2) is 5.71 Å². The summed E-state index contributed by atoms with van der Waals surface area (Å²) in [5.74, 6) is -1.78. The number of aromatic hydroxyl groups is 1. The molecular weight excluding hydrogens is 215 g/mol. The number of phenols is 1. The lowest BCUT2D eigenvalue weighted by Gasteiger charge is -2.07. The van der Waals surface area contributed by atoms with Crippen LogP contribution in [0.3, 0.4) is 0 Å². The van der Waals surface area contributed by atoms with Gasteiger partial charge in [0, 0.05) is 7.05 Å². The van der Waals surface area contributed by atoms with Gasteiger partial charge < -0.3 is 15.3 Å². The maximum absolute atomic E-state index is 13.4. The minimum atomic E-state index is -0.751. The lowest BCUT2D eigenvalue weighted by molar-refractivity contribution is -0.114. The summed E-state index contributed by atoms with van der Waals surface area (Å²) < 4.78 is 13.4. The molecule has 5 nitrogen and oxygen atoms in total. The van der Waals surface area contributed by atoms with Gasteiger partial charge in [0.25, 0.3) is 5.91 Å². The number of rotatable bonds is 3. The summed E-state index contributed by atoms with van der Waals surface area (Å²) >= 11 is 0. The van der Waals surface area contributed by atoms with Gasteiger partial charge in [-0.25, -0.2) is 4.39 Å². The highest BCUT2D eigenvalue weighted by molar-refractivity contribution is 6.45. The number of likely N-dealkylation sites (N-methyl/N-ethyl adjacent to an activating group) is 1. The van der Waals surface area contributed by atoms with Crippen molar-refractivity contribution >= 4 is 11.6 Å². The van der Waals surface area contributed by atoms with E-state index in [0.29, 0.717) is 0 Å². The van der Waals surface area contributed by atoms with Crippen molar-refractivity contribution in [2.75, 3.05) is 14.2 Å². The average Bonchev–Trinajstić information content (AvgIpc) is 2.26. The number of nitrogens with zero attached hydrogens (tertiary/aromatic N) is 1. The van der Waals surface area contributed by atoms with E-state index in [1.165, 1.54) is 26.3 Å². The van der Waals surface area contributed by atoms with Gasteiger partial charge in [-0.1, -0.05) is 11.2 Å². The Morgan fingerprint density at radius 3 is 2.75 bits per heavy atom. The molecule has 0 atom stereocenters. The molecule has 1 aromatic carbocycles. The van der Waals surface area contributed by atoms with E-state index in [9.17, 15) is 14.3 Å². The van der Waals surface area contributed by atoms with Gasteiger partial charge >= 0.3 is 0 Å². The minimum Gasteiger partial charge on any atom is -0.507 e. The van der Waals surface area contributed by atoms with Gasteiger partial charge in [0.05, 0.1) is 5.56 Å². The Labute approximate surface area is 91.5 Å². The predicted molar refractivity (Wildman–Crippen MR) is 55.7 cm³/mol. The van der Waals surface area contributed by atoms with Crippen LogP contribution in [0.25, 0.3) is 0 Å². The van der Waals surface area contributed by atoms with E-state index in [2.05, 4.69) is 15.3 Å². The molecule has 0 radical (unpaired) electrons. The van der Waals surface area contributed by atoms with Crippen LogP contribution in [-0.4, -0.2) is 30.9 Å². The third-order valence-electron chi connectivity index (χ3n) is 1.85. The van der Waals surface area contributed by atoms with Crippen LogP contribution in [0, 0.1) is 5.82 Å². The zero-order chi connectivity index (χ0) is 12.1. The lowest BCUT2D eigenvalue weighted by atomic mass is 10.1. The summed E-state index contributed by atoms with van der Waals surface area (Å²) in [6, 6.07) is 3.69. The van der Waals surface area contributed by atoms with Crippen molar-refractivity contribution in [1.29, 1.82) is 0 Å². The van der Waals surface area contributed by atoms with Crippen LogP contribution in [0.5, 0.6) is 5.75 Å². The Bertz CT molecular complexity index is 412. The van der Waals surface area contributed by atoms with Crippen molar-refractivity contribution in [2.45, 2.75) is 0 Å². The highest BCUT2D eigenvalue weighted by Gasteiger charge is 2.21. The molecule has 0 aliphatic carbocycles. The van der Waals surface area contributed by atoms with E-state index in [-0.39, 0.29) is 17.0 Å². The average molecular weight is 226 g/mol. The third-order valence-corrected chi connectivity index (χ3v) is 1.85. The van der Waals surface area contributed by atoms with Gasteiger partial charge in [-0.2, -0.15) is 0 Å². The van der Waals surface area contributed by atoms with Crippen LogP contribution in [0.4, 0.5) is 4.39 Å². The normalized spacial score (nSPS) is 11.1. The first kappa shape index (κ1) is 12.0. The second-order valence-electron chi connectivity index (χ2n) is 2.84. The molecule has 86 valence electrons. The van der Waals surface area contributed by atoms with E-state index in [1.54, 1.807) is 0 Å². The number of carbonyl (C=O) groups excluding carboxylic acids is 1. The second-order valence-corrected chi connectivity index (χ2v) is 2.84. The van der Waals surface area contributed by atoms with Crippen LogP contribution in [0.2, 0.25) is 0 Å². The Morgan fingerprint density at radius 2 is 2.25 bits per heavy atom. The molecule has 1 rings (SSSR count). The zero-order valence-corrected chi connectivity index (χ0v) is 8.82. The summed E-state index contributed by atoms with van der Waals surface area (Å²) in [4.78, 5) is 15.8. The Morgan fingerprint density at radius 1 is 1.56 bits per heavy atom. The predicted octanol–water partition coefficient (Wildman–Crippen LogP) is 0.628. The minimum absolute atomic E-state index is 0.288. The molecule has 0 aliphatic rings. The fourth-order valence-electron chi connectivity index (χ4n) is 1.16. The fourth-order valence-corrected chi connectivity index (χ4v) is 1.16. The van der Waals surface area contributed by atoms with Gasteiger partial charge in [0.1, 0.15) is 18.7 Å². The topological polar surface area (TPSA) is 70.9 Å². The molecule has 6 heteroatoms. The number of hydrogen-bond donors (Lipinski definition) is 2. The summed E-state index contributed by atoms with van der Waals surface area (Å²) in [6.45, 7) is 0. The largest absolute Gasteiger partial charge is 0.507 e. The number of oxime groups is 1. The number of amides is 1. The van der Waals surface area contributed by atoms with Gasteiger partial charge in [-0.15, -0.1) is 0 Å². The van der Waals surface area contributed by atoms with Crippen molar-refractivity contribution in [3.63, 3.8) is 0 Å². The summed E-state index contributed by atoms with van der Waals surface area (Å²) in [6.07, 6.45) is 0. The SMILES string of the molecule is CNC(=O)C(=NOC)c1c(O)cccc1F. The number of nitrogens with one attached hydrogen (secondary N) is 1. The number of halogens is 1. The molecule has 0 bridgehead atoms. The molecule has 1 amide bonds. The van der Waals surface area contributed by atoms with Crippen molar-refractivity contribution in [3.8, 4) is 5.75 Å². The Balaban J connectivity index is 3.32. The molecule has 0 spiro atoms. The highest BCUT2D eigenvalue weighted by Crippen LogP contribution is 2.20. The van der Waals surface area contributed by atoms with Gasteiger partial charge in [0.2, 0.25) is 0 Å². The van der Waals surface area contributed by atoms with E-state index in [0.717, 1.165) is 6.07 Å². The first-order valence-corrected chi connectivity index (χ1v) is 4.43. The molecule has 0 saturated heterocycles. The molecule has 0 saturated carbocycles. The van der Waals surface area contributed by atoms with Crippen molar-refractivity contribution in [1.82, 2.24) is 5.32 Å². The number of phenolic OH excluding ortho intramolecular Hbond substituents is 1. The van der Waals surface area contributed by atoms with Crippen LogP contribution < -0.4 is 5.32 Å². The maximum Gasteiger partial charge on any atom is 0.273 e. The summed E-state index contributed by atoms with van der Waals surface area (Å²) in [5.41, 5.74) is -0.607. The third kappa shape index (κ3) is 2.28. The van der Waals surface area contributed by atoms with Crippen LogP contribution >= 0.6 is 0 Å². The maximum atomic E-state index is 13.4. The summed E-state index contributed by atoms with van der Waals surface area (Å²) in [7, 11) is 2.59. The van der Waals surface area contributed by atoms with E-state index >= 15 is 0 Å². The van der Waals surface area contributed by atoms with E-state index < -0.39 is 11.7 Å². The molecule has 1 aromatic rings. The molecule has 0 aromatic heterocycles. The summed E-state index contributed by atoms with van der Waals surface area (Å²) in [5, 5.41) is 15.1. The standard InChI is InChI=1S/C10H11FN2O3/c1-12-10(15)9(13-16-2)8-6(11)4-3-5-7(8)14/h3-5,14H,1-2H3,(H,12,15). The quantitative estimate of drug-likeness (QED) is 0.586. The molecule has 16 heavy (non-hydrogen) atoms. The first-order chi connectivity index (χ1) is 7.61. The van der Waals surface area contributed by atoms with Crippen LogP contribution in [0.15, 0.2) is 23.4 Å². The van der Waals surface area contributed by atoms with E-state index in [1.807, 2.05) is 0 Å². The first-order valence-electron chi connectivity index (χ1n) is 4.43. The van der Waals surface area contributed by atoms with Crippen molar-refractivity contribution in [2.24, 2.45) is 5.16 Å². The van der Waals surface area contributed by atoms with Crippen LogP contribution in [-0.2, 0) is 9.63 Å². The van der Waals surface area contributed by atoms with E-state index in [4.69, 9.17) is 0 Å². The van der Waals surface area contributed by atoms with Gasteiger partial charge in [-0.3, -0.25) is 4.79 Å². The number of hydrogen-bond acceptors (Lipinski definition) is 4. The molecule has 0 aliphatic heterocycles. The smallest absolute Gasteiger partial charge is 0.273 e. The van der Waals surface area contributed by atoms with Gasteiger partial charge in [-0.05, 0) is 12.1 Å². The zero-order valence-electron chi connectivity index (χ0n) is 8.82. The fraction of sp³-hybridized carbons (Fsp3) is 0.200. The molecule has 0 heterocycles. The highest BCUT2D eigenvalue weighted by atomic mass is 19.1. The Kier molecular flexibility index (Phi) is 3.82. The molecular formula is C10H11FN2O3. The molecule has 2 N–H and O–H groups in total. The second kappa shape index (κ2) is 5.11. The number of benzene rings is 1. The lowest BCUT2D eigenvalue weighted by Crippen LogP contribution is -2.29. The number of carbonyl (C=O) groups is 1. The molecule has 0 fully saturated rings.